The van der Waals surface area contributed by atoms with Gasteiger partial charge in [0.05, 0.1) is 16.9 Å². The van der Waals surface area contributed by atoms with Crippen molar-refractivity contribution in [2.75, 3.05) is 29.0 Å². The van der Waals surface area contributed by atoms with Crippen molar-refractivity contribution >= 4 is 29.1 Å². The van der Waals surface area contributed by atoms with Crippen LogP contribution in [0.25, 0.3) is 0 Å². The van der Waals surface area contributed by atoms with E-state index in [2.05, 4.69) is 23.3 Å². The fourth-order valence-electron chi connectivity index (χ4n) is 1.57. The van der Waals surface area contributed by atoms with Gasteiger partial charge in [-0.1, -0.05) is 6.92 Å². The second-order valence-electron chi connectivity index (χ2n) is 3.88. The largest absolute Gasteiger partial charge is 0.461 e. The summed E-state index contributed by atoms with van der Waals surface area (Å²) in [6.07, 6.45) is 1.15. The van der Waals surface area contributed by atoms with Gasteiger partial charge in [0.25, 0.3) is 0 Å². The van der Waals surface area contributed by atoms with E-state index in [-0.39, 0.29) is 5.97 Å². The Balaban J connectivity index is 1.82. The van der Waals surface area contributed by atoms with Gasteiger partial charge in [-0.25, -0.2) is 4.79 Å². The lowest BCUT2D eigenvalue weighted by atomic mass is 10.2. The molecule has 0 unspecified atom stereocenters. The van der Waals surface area contributed by atoms with E-state index in [1.807, 2.05) is 6.07 Å². The first-order valence-electron chi connectivity index (χ1n) is 5.97. The van der Waals surface area contributed by atoms with Crippen LogP contribution in [0.5, 0.6) is 0 Å². The molecule has 1 aromatic rings. The Labute approximate surface area is 111 Å². The van der Waals surface area contributed by atoms with Crippen LogP contribution in [0.4, 0.5) is 11.4 Å². The first-order valence-corrected chi connectivity index (χ1v) is 7.12. The number of ether oxygens (including phenoxy) is 1. The summed E-state index contributed by atoms with van der Waals surface area (Å²) in [6, 6.07) is 5.36. The maximum Gasteiger partial charge on any atom is 0.338 e. The monoisotopic (exact) mass is 267 g/mol. The number of hydrogen-bond acceptors (Lipinski definition) is 6. The number of hydrogen-bond donors (Lipinski definition) is 3. The predicted molar refractivity (Wildman–Crippen MR) is 74.7 cm³/mol. The third-order valence-corrected chi connectivity index (χ3v) is 3.61. The Morgan fingerprint density at radius 2 is 2.11 bits per heavy atom. The highest BCUT2D eigenvalue weighted by Crippen LogP contribution is 2.25. The van der Waals surface area contributed by atoms with E-state index in [0.29, 0.717) is 12.2 Å². The molecule has 1 aliphatic rings. The zero-order chi connectivity index (χ0) is 12.8. The number of esters is 1. The Bertz CT molecular complexity index is 426. The number of rotatable bonds is 6. The summed E-state index contributed by atoms with van der Waals surface area (Å²) in [5, 5.41) is 0. The first-order chi connectivity index (χ1) is 8.81. The number of benzene rings is 1. The third-order valence-electron chi connectivity index (χ3n) is 2.46. The van der Waals surface area contributed by atoms with E-state index < -0.39 is 0 Å². The van der Waals surface area contributed by atoms with E-state index in [1.165, 1.54) is 0 Å². The van der Waals surface area contributed by atoms with Crippen LogP contribution in [0.15, 0.2) is 18.2 Å². The van der Waals surface area contributed by atoms with Crippen molar-refractivity contribution in [1.82, 2.24) is 5.53 Å². The number of hydrazine groups is 2. The normalized spacial score (nSPS) is 12.5. The first kappa shape index (κ1) is 13.0. The molecule has 1 aromatic carbocycles. The third kappa shape index (κ3) is 3.30. The van der Waals surface area contributed by atoms with Crippen LogP contribution in [-0.4, -0.2) is 24.1 Å². The Morgan fingerprint density at radius 1 is 1.28 bits per heavy atom. The van der Waals surface area contributed by atoms with Gasteiger partial charge in [-0.15, -0.1) is 5.53 Å². The topological polar surface area (TPSA) is 62.4 Å². The Morgan fingerprint density at radius 3 is 2.94 bits per heavy atom. The number of thioether (sulfide) groups is 1. The zero-order valence-electron chi connectivity index (χ0n) is 10.3. The smallest absolute Gasteiger partial charge is 0.338 e. The minimum atomic E-state index is -0.274. The molecule has 0 aliphatic carbocycles. The molecule has 0 saturated carbocycles. The molecule has 0 amide bonds. The minimum absolute atomic E-state index is 0.274. The summed E-state index contributed by atoms with van der Waals surface area (Å²) in [4.78, 5) is 11.8. The van der Waals surface area contributed by atoms with Crippen LogP contribution in [0.1, 0.15) is 23.7 Å². The van der Waals surface area contributed by atoms with Gasteiger partial charge < -0.3 is 15.6 Å². The fraction of sp³-hybridized carbons (Fsp3) is 0.417. The second kappa shape index (κ2) is 6.51. The summed E-state index contributed by atoms with van der Waals surface area (Å²) < 4.78 is 5.21. The summed E-state index contributed by atoms with van der Waals surface area (Å²) in [7, 11) is 0. The lowest BCUT2D eigenvalue weighted by molar-refractivity contribution is 0.0530. The highest BCUT2D eigenvalue weighted by atomic mass is 32.2. The molecular formula is C12H17N3O2S. The van der Waals surface area contributed by atoms with Crippen molar-refractivity contribution < 1.29 is 9.53 Å². The van der Waals surface area contributed by atoms with Crippen molar-refractivity contribution in [1.29, 1.82) is 0 Å². The summed E-state index contributed by atoms with van der Waals surface area (Å²) in [5.41, 5.74) is 10.9. The van der Waals surface area contributed by atoms with Gasteiger partial charge in [-0.3, -0.25) is 0 Å². The SMILES string of the molecule is CCCSCCOC(=O)c1ccc2c(c1)NNN2. The van der Waals surface area contributed by atoms with Crippen molar-refractivity contribution in [3.63, 3.8) is 0 Å². The number of fused-ring (bicyclic) bond motifs is 1. The average molecular weight is 267 g/mol. The molecule has 0 radical (unpaired) electrons. The number of carbonyl (C=O) groups is 1. The highest BCUT2D eigenvalue weighted by molar-refractivity contribution is 7.99. The Hall–Kier alpha value is -1.40. The molecule has 0 saturated heterocycles. The van der Waals surface area contributed by atoms with E-state index in [9.17, 15) is 4.79 Å². The zero-order valence-corrected chi connectivity index (χ0v) is 11.1. The van der Waals surface area contributed by atoms with Gasteiger partial charge in [0.2, 0.25) is 0 Å². The molecule has 2 rings (SSSR count). The van der Waals surface area contributed by atoms with Crippen molar-refractivity contribution in [3.05, 3.63) is 23.8 Å². The lowest BCUT2D eigenvalue weighted by Crippen LogP contribution is -2.19. The number of nitrogens with one attached hydrogen (secondary N) is 3. The molecular weight excluding hydrogens is 250 g/mol. The molecule has 98 valence electrons. The molecule has 18 heavy (non-hydrogen) atoms. The Kier molecular flexibility index (Phi) is 4.72. The van der Waals surface area contributed by atoms with E-state index in [0.717, 1.165) is 29.3 Å². The molecule has 1 heterocycles. The molecule has 0 spiro atoms. The molecule has 5 nitrogen and oxygen atoms in total. The van der Waals surface area contributed by atoms with Gasteiger partial charge in [-0.2, -0.15) is 11.8 Å². The number of anilines is 2. The van der Waals surface area contributed by atoms with E-state index >= 15 is 0 Å². The molecule has 0 atom stereocenters. The average Bonchev–Trinajstić information content (AvgIpc) is 2.85. The molecule has 0 bridgehead atoms. The van der Waals surface area contributed by atoms with Crippen molar-refractivity contribution in [2.45, 2.75) is 13.3 Å². The van der Waals surface area contributed by atoms with Gasteiger partial charge in [0.1, 0.15) is 6.61 Å². The van der Waals surface area contributed by atoms with Crippen LogP contribution < -0.4 is 16.4 Å². The van der Waals surface area contributed by atoms with E-state index in [4.69, 9.17) is 4.74 Å². The lowest BCUT2D eigenvalue weighted by Gasteiger charge is -2.05. The van der Waals surface area contributed by atoms with Gasteiger partial charge in [0, 0.05) is 5.75 Å². The van der Waals surface area contributed by atoms with Crippen LogP contribution in [0.2, 0.25) is 0 Å². The van der Waals surface area contributed by atoms with E-state index in [1.54, 1.807) is 23.9 Å². The molecule has 3 N–H and O–H groups in total. The maximum atomic E-state index is 11.8. The van der Waals surface area contributed by atoms with Crippen LogP contribution >= 0.6 is 11.8 Å². The van der Waals surface area contributed by atoms with Crippen LogP contribution in [0.3, 0.4) is 0 Å². The van der Waals surface area contributed by atoms with Crippen molar-refractivity contribution in [2.24, 2.45) is 0 Å². The number of carbonyl (C=O) groups excluding carboxylic acids is 1. The van der Waals surface area contributed by atoms with Crippen LogP contribution in [-0.2, 0) is 4.74 Å². The summed E-state index contributed by atoms with van der Waals surface area (Å²) in [6.45, 7) is 2.60. The maximum absolute atomic E-state index is 11.8. The van der Waals surface area contributed by atoms with Gasteiger partial charge in [0.15, 0.2) is 0 Å². The van der Waals surface area contributed by atoms with Gasteiger partial charge in [-0.05, 0) is 30.4 Å². The van der Waals surface area contributed by atoms with Gasteiger partial charge >= 0.3 is 5.97 Å². The quantitative estimate of drug-likeness (QED) is 0.543. The second-order valence-corrected chi connectivity index (χ2v) is 5.11. The highest BCUT2D eigenvalue weighted by Gasteiger charge is 2.13. The standard InChI is InChI=1S/C12H17N3O2S/c1-2-6-18-7-5-17-12(16)9-3-4-10-11(8-9)14-15-13-10/h3-4,8,13-15H,2,5-7H2,1H3. The van der Waals surface area contributed by atoms with Crippen LogP contribution in [0, 0.1) is 0 Å². The molecule has 1 aliphatic heterocycles. The summed E-state index contributed by atoms with van der Waals surface area (Å²) in [5.74, 6) is 1.69. The van der Waals surface area contributed by atoms with Crippen molar-refractivity contribution in [3.8, 4) is 0 Å². The minimum Gasteiger partial charge on any atom is -0.461 e. The fourth-order valence-corrected chi connectivity index (χ4v) is 2.27. The molecule has 0 fully saturated rings. The molecule has 0 aromatic heterocycles. The summed E-state index contributed by atoms with van der Waals surface area (Å²) >= 11 is 1.80. The predicted octanol–water partition coefficient (Wildman–Crippen LogP) is 2.24. The molecule has 6 heteroatoms.